The van der Waals surface area contributed by atoms with Crippen LogP contribution in [0.3, 0.4) is 0 Å². The Morgan fingerprint density at radius 2 is 2.11 bits per heavy atom. The van der Waals surface area contributed by atoms with Crippen LogP contribution in [0.4, 0.5) is 11.6 Å². The van der Waals surface area contributed by atoms with E-state index in [-0.39, 0.29) is 12.0 Å². The van der Waals surface area contributed by atoms with Crippen molar-refractivity contribution in [2.24, 2.45) is 11.8 Å². The number of carbonyl (C=O) groups is 1. The largest absolute Gasteiger partial charge is 0.481 e. The summed E-state index contributed by atoms with van der Waals surface area (Å²) < 4.78 is 0. The fourth-order valence-electron chi connectivity index (χ4n) is 1.99. The smallest absolute Gasteiger partial charge is 0.306 e. The van der Waals surface area contributed by atoms with Gasteiger partial charge in [0.15, 0.2) is 0 Å². The van der Waals surface area contributed by atoms with Crippen molar-refractivity contribution < 1.29 is 9.90 Å². The summed E-state index contributed by atoms with van der Waals surface area (Å²) in [6, 6.07) is 2.06. The van der Waals surface area contributed by atoms with Crippen LogP contribution in [0.1, 0.15) is 26.7 Å². The third-order valence-corrected chi connectivity index (χ3v) is 3.20. The van der Waals surface area contributed by atoms with Gasteiger partial charge in [0.2, 0.25) is 0 Å². The first-order valence-electron chi connectivity index (χ1n) is 6.60. The van der Waals surface area contributed by atoms with E-state index >= 15 is 0 Å². The van der Waals surface area contributed by atoms with Crippen LogP contribution in [0.25, 0.3) is 0 Å². The lowest BCUT2D eigenvalue weighted by atomic mass is 9.80. The molecule has 104 valence electrons. The summed E-state index contributed by atoms with van der Waals surface area (Å²) in [6.45, 7) is 5.13. The van der Waals surface area contributed by atoms with Gasteiger partial charge in [0.05, 0.1) is 5.92 Å². The van der Waals surface area contributed by atoms with Crippen LogP contribution in [0, 0.1) is 11.8 Å². The lowest BCUT2D eigenvalue weighted by molar-refractivity contribution is -0.144. The zero-order chi connectivity index (χ0) is 13.8. The number of nitrogens with one attached hydrogen (secondary N) is 2. The molecular weight excluding hydrogens is 244 g/mol. The van der Waals surface area contributed by atoms with Crippen molar-refractivity contribution in [2.75, 3.05) is 17.2 Å². The molecule has 0 aliphatic heterocycles. The molecule has 6 nitrogen and oxygen atoms in total. The molecule has 1 fully saturated rings. The van der Waals surface area contributed by atoms with E-state index in [1.54, 1.807) is 0 Å². The third-order valence-electron chi connectivity index (χ3n) is 3.20. The van der Waals surface area contributed by atoms with E-state index in [0.29, 0.717) is 18.8 Å². The van der Waals surface area contributed by atoms with E-state index in [9.17, 15) is 4.79 Å². The van der Waals surface area contributed by atoms with Crippen LogP contribution >= 0.6 is 0 Å². The molecule has 0 aromatic carbocycles. The van der Waals surface area contributed by atoms with E-state index in [4.69, 9.17) is 5.11 Å². The molecule has 6 heteroatoms. The van der Waals surface area contributed by atoms with Gasteiger partial charge in [-0.3, -0.25) is 4.79 Å². The summed E-state index contributed by atoms with van der Waals surface area (Å²) in [5.41, 5.74) is 0. The number of nitrogens with zero attached hydrogens (tertiary/aromatic N) is 2. The van der Waals surface area contributed by atoms with Crippen LogP contribution in [-0.2, 0) is 4.79 Å². The van der Waals surface area contributed by atoms with Crippen molar-refractivity contribution in [2.45, 2.75) is 32.7 Å². The first-order chi connectivity index (χ1) is 9.04. The highest BCUT2D eigenvalue weighted by atomic mass is 16.4. The lowest BCUT2D eigenvalue weighted by Gasteiger charge is -2.33. The average molecular weight is 264 g/mol. The van der Waals surface area contributed by atoms with Gasteiger partial charge in [-0.2, -0.15) is 0 Å². The molecule has 3 N–H and O–H groups in total. The molecular formula is C13H20N4O2. The van der Waals surface area contributed by atoms with E-state index in [0.717, 1.165) is 18.2 Å². The van der Waals surface area contributed by atoms with Gasteiger partial charge in [0.25, 0.3) is 0 Å². The summed E-state index contributed by atoms with van der Waals surface area (Å²) in [6.07, 6.45) is 2.83. The Morgan fingerprint density at radius 3 is 2.74 bits per heavy atom. The second-order valence-electron chi connectivity index (χ2n) is 5.41. The molecule has 0 unspecified atom stereocenters. The van der Waals surface area contributed by atoms with Gasteiger partial charge in [-0.25, -0.2) is 9.97 Å². The molecule has 1 heterocycles. The van der Waals surface area contributed by atoms with E-state index in [1.807, 2.05) is 6.07 Å². The zero-order valence-corrected chi connectivity index (χ0v) is 11.3. The van der Waals surface area contributed by atoms with Gasteiger partial charge >= 0.3 is 5.97 Å². The summed E-state index contributed by atoms with van der Waals surface area (Å²) >= 11 is 0. The number of rotatable bonds is 6. The summed E-state index contributed by atoms with van der Waals surface area (Å²) in [5, 5.41) is 15.3. The molecule has 1 aromatic heterocycles. The number of carboxylic acids is 1. The number of aromatic nitrogens is 2. The highest BCUT2D eigenvalue weighted by Crippen LogP contribution is 2.30. The minimum Gasteiger partial charge on any atom is -0.481 e. The molecule has 1 aliphatic carbocycles. The second kappa shape index (κ2) is 5.86. The molecule has 0 saturated heterocycles. The zero-order valence-electron chi connectivity index (χ0n) is 11.3. The monoisotopic (exact) mass is 264 g/mol. The summed E-state index contributed by atoms with van der Waals surface area (Å²) in [4.78, 5) is 19.0. The highest BCUT2D eigenvalue weighted by molar-refractivity contribution is 5.71. The maximum absolute atomic E-state index is 10.7. The molecule has 1 aliphatic rings. The van der Waals surface area contributed by atoms with E-state index < -0.39 is 5.97 Å². The lowest BCUT2D eigenvalue weighted by Crippen LogP contribution is -2.39. The van der Waals surface area contributed by atoms with Crippen molar-refractivity contribution in [3.8, 4) is 0 Å². The molecule has 1 saturated carbocycles. The van der Waals surface area contributed by atoms with Gasteiger partial charge in [-0.15, -0.1) is 0 Å². The van der Waals surface area contributed by atoms with Crippen molar-refractivity contribution in [1.82, 2.24) is 9.97 Å². The van der Waals surface area contributed by atoms with Crippen LogP contribution in [-0.4, -0.2) is 33.6 Å². The van der Waals surface area contributed by atoms with Crippen molar-refractivity contribution in [3.05, 3.63) is 12.4 Å². The van der Waals surface area contributed by atoms with Crippen LogP contribution < -0.4 is 10.6 Å². The SMILES string of the molecule is CC(C)CNc1cc(NC2CC(C(=O)O)C2)ncn1. The van der Waals surface area contributed by atoms with Gasteiger partial charge < -0.3 is 15.7 Å². The number of hydrogen-bond acceptors (Lipinski definition) is 5. The predicted octanol–water partition coefficient (Wildman–Crippen LogP) is 1.82. The first-order valence-corrected chi connectivity index (χ1v) is 6.60. The fraction of sp³-hybridized carbons (Fsp3) is 0.615. The van der Waals surface area contributed by atoms with Gasteiger partial charge in [-0.05, 0) is 18.8 Å². The van der Waals surface area contributed by atoms with Crippen LogP contribution in [0.15, 0.2) is 12.4 Å². The second-order valence-corrected chi connectivity index (χ2v) is 5.41. The topological polar surface area (TPSA) is 87.1 Å². The number of hydrogen-bond donors (Lipinski definition) is 3. The van der Waals surface area contributed by atoms with Gasteiger partial charge in [0.1, 0.15) is 18.0 Å². The molecule has 0 amide bonds. The first kappa shape index (κ1) is 13.6. The summed E-state index contributed by atoms with van der Waals surface area (Å²) in [7, 11) is 0. The molecule has 0 bridgehead atoms. The Bertz CT molecular complexity index is 444. The standard InChI is InChI=1S/C13H20N4O2/c1-8(2)6-14-11-5-12(16-7-15-11)17-10-3-9(4-10)13(18)19/h5,7-10H,3-4,6H2,1-2H3,(H,18,19)(H2,14,15,16,17). The molecule has 0 spiro atoms. The Hall–Kier alpha value is -1.85. The van der Waals surface area contributed by atoms with Gasteiger partial charge in [-0.1, -0.05) is 13.8 Å². The quantitative estimate of drug-likeness (QED) is 0.726. The number of carboxylic acid groups (broad SMARTS) is 1. The van der Waals surface area contributed by atoms with Crippen molar-refractivity contribution in [3.63, 3.8) is 0 Å². The number of aliphatic carboxylic acids is 1. The Kier molecular flexibility index (Phi) is 4.19. The van der Waals surface area contributed by atoms with E-state index in [2.05, 4.69) is 34.4 Å². The third kappa shape index (κ3) is 3.81. The van der Waals surface area contributed by atoms with E-state index in [1.165, 1.54) is 6.33 Å². The van der Waals surface area contributed by atoms with Crippen molar-refractivity contribution >= 4 is 17.6 Å². The minimum atomic E-state index is -0.708. The minimum absolute atomic E-state index is 0.203. The predicted molar refractivity (Wildman–Crippen MR) is 73.1 cm³/mol. The molecule has 19 heavy (non-hydrogen) atoms. The average Bonchev–Trinajstić information content (AvgIpc) is 2.31. The van der Waals surface area contributed by atoms with Crippen LogP contribution in [0.5, 0.6) is 0 Å². The fourth-order valence-corrected chi connectivity index (χ4v) is 1.99. The maximum Gasteiger partial charge on any atom is 0.306 e. The molecule has 1 aromatic rings. The molecule has 0 atom stereocenters. The highest BCUT2D eigenvalue weighted by Gasteiger charge is 2.34. The van der Waals surface area contributed by atoms with Crippen LogP contribution in [0.2, 0.25) is 0 Å². The van der Waals surface area contributed by atoms with Gasteiger partial charge in [0, 0.05) is 18.7 Å². The Labute approximate surface area is 112 Å². The Balaban J connectivity index is 1.84. The van der Waals surface area contributed by atoms with Crippen molar-refractivity contribution in [1.29, 1.82) is 0 Å². The normalized spacial score (nSPS) is 21.8. The maximum atomic E-state index is 10.7. The summed E-state index contributed by atoms with van der Waals surface area (Å²) in [5.74, 6) is 1.17. The Morgan fingerprint density at radius 1 is 1.42 bits per heavy atom. The molecule has 2 rings (SSSR count). The number of anilines is 2. The molecule has 0 radical (unpaired) electrons.